The molecule has 2 aliphatic rings. The maximum atomic E-state index is 13.4. The molecule has 0 spiro atoms. The maximum absolute atomic E-state index is 13.4. The van der Waals surface area contributed by atoms with E-state index in [1.165, 1.54) is 5.56 Å². The molecule has 32 heavy (non-hydrogen) atoms. The highest BCUT2D eigenvalue weighted by molar-refractivity contribution is 7.99. The molecule has 7 heteroatoms. The number of thioether (sulfide) groups is 1. The normalized spacial score (nSPS) is 21.2. The highest BCUT2D eigenvalue weighted by Gasteiger charge is 2.37. The van der Waals surface area contributed by atoms with Crippen LogP contribution in [0.2, 0.25) is 0 Å². The van der Waals surface area contributed by atoms with Crippen molar-refractivity contribution in [1.29, 1.82) is 0 Å². The average Bonchev–Trinajstić information content (AvgIpc) is 2.84. The summed E-state index contributed by atoms with van der Waals surface area (Å²) >= 11 is 1.89. The van der Waals surface area contributed by atoms with E-state index in [2.05, 4.69) is 30.4 Å². The van der Waals surface area contributed by atoms with E-state index in [0.717, 1.165) is 48.7 Å². The number of urea groups is 1. The third-order valence-electron chi connectivity index (χ3n) is 6.28. The number of amides is 3. The molecule has 2 fully saturated rings. The fraction of sp³-hybridized carbons (Fsp3) is 0.440. The van der Waals surface area contributed by atoms with Gasteiger partial charge in [-0.25, -0.2) is 4.79 Å². The summed E-state index contributed by atoms with van der Waals surface area (Å²) in [5, 5.41) is 3.02. The van der Waals surface area contributed by atoms with Crippen molar-refractivity contribution < 1.29 is 14.3 Å². The van der Waals surface area contributed by atoms with E-state index in [9.17, 15) is 9.59 Å². The number of hydrogen-bond acceptors (Lipinski definition) is 4. The van der Waals surface area contributed by atoms with Crippen LogP contribution >= 0.6 is 11.8 Å². The SMILES string of the molecule is COc1ccc(NC(=O)N2CC(C(=O)N3CCSCC3)CCC2c2cccc(C)c2)cc1. The molecule has 2 unspecified atom stereocenters. The van der Waals surface area contributed by atoms with Crippen molar-refractivity contribution in [1.82, 2.24) is 9.80 Å². The van der Waals surface area contributed by atoms with Crippen LogP contribution in [0.15, 0.2) is 48.5 Å². The third kappa shape index (κ3) is 5.21. The number of nitrogens with one attached hydrogen (secondary N) is 1. The van der Waals surface area contributed by atoms with Crippen molar-refractivity contribution in [3.63, 3.8) is 0 Å². The molecule has 4 rings (SSSR count). The molecule has 2 atom stereocenters. The number of anilines is 1. The monoisotopic (exact) mass is 453 g/mol. The molecule has 0 bridgehead atoms. The first-order chi connectivity index (χ1) is 15.5. The molecule has 0 saturated carbocycles. The lowest BCUT2D eigenvalue weighted by Crippen LogP contribution is -2.50. The zero-order chi connectivity index (χ0) is 22.5. The van der Waals surface area contributed by atoms with E-state index in [1.54, 1.807) is 7.11 Å². The molecule has 3 amide bonds. The van der Waals surface area contributed by atoms with E-state index in [1.807, 2.05) is 51.9 Å². The second-order valence-electron chi connectivity index (χ2n) is 8.45. The van der Waals surface area contributed by atoms with Gasteiger partial charge in [0.15, 0.2) is 0 Å². The summed E-state index contributed by atoms with van der Waals surface area (Å²) in [7, 11) is 1.62. The summed E-state index contributed by atoms with van der Waals surface area (Å²) in [6.45, 7) is 4.11. The molecule has 6 nitrogen and oxygen atoms in total. The number of carbonyl (C=O) groups excluding carboxylic acids is 2. The molecule has 2 aromatic rings. The van der Waals surface area contributed by atoms with Crippen LogP contribution in [0.1, 0.15) is 30.0 Å². The van der Waals surface area contributed by atoms with Crippen molar-refractivity contribution in [3.8, 4) is 5.75 Å². The van der Waals surface area contributed by atoms with Crippen LogP contribution < -0.4 is 10.1 Å². The number of likely N-dealkylation sites (tertiary alicyclic amines) is 1. The van der Waals surface area contributed by atoms with Gasteiger partial charge in [-0.15, -0.1) is 0 Å². The zero-order valence-electron chi connectivity index (χ0n) is 18.8. The number of piperidine rings is 1. The smallest absolute Gasteiger partial charge is 0.322 e. The Hall–Kier alpha value is -2.67. The minimum Gasteiger partial charge on any atom is -0.497 e. The fourth-order valence-electron chi connectivity index (χ4n) is 4.53. The van der Waals surface area contributed by atoms with E-state index in [-0.39, 0.29) is 23.9 Å². The van der Waals surface area contributed by atoms with Crippen LogP contribution in [0.3, 0.4) is 0 Å². The number of aryl methyl sites for hydroxylation is 1. The summed E-state index contributed by atoms with van der Waals surface area (Å²) in [4.78, 5) is 30.4. The lowest BCUT2D eigenvalue weighted by atomic mass is 9.88. The van der Waals surface area contributed by atoms with Gasteiger partial charge in [-0.3, -0.25) is 4.79 Å². The van der Waals surface area contributed by atoms with Crippen molar-refractivity contribution in [2.24, 2.45) is 5.92 Å². The number of carbonyl (C=O) groups is 2. The molecular weight excluding hydrogens is 422 g/mol. The largest absolute Gasteiger partial charge is 0.497 e. The molecule has 170 valence electrons. The standard InChI is InChI=1S/C25H31N3O3S/c1-18-4-3-5-19(16-18)23-11-6-20(24(29)27-12-14-32-15-13-27)17-28(23)25(30)26-21-7-9-22(31-2)10-8-21/h3-5,7-10,16,20,23H,6,11-15,17H2,1-2H3,(H,26,30). The highest BCUT2D eigenvalue weighted by Crippen LogP contribution is 2.35. The minimum atomic E-state index is -0.173. The van der Waals surface area contributed by atoms with Gasteiger partial charge in [0, 0.05) is 36.8 Å². The zero-order valence-corrected chi connectivity index (χ0v) is 19.6. The first kappa shape index (κ1) is 22.5. The number of rotatable bonds is 4. The number of benzene rings is 2. The van der Waals surface area contributed by atoms with Gasteiger partial charge >= 0.3 is 6.03 Å². The van der Waals surface area contributed by atoms with Gasteiger partial charge in [-0.05, 0) is 49.6 Å². The fourth-order valence-corrected chi connectivity index (χ4v) is 5.44. The topological polar surface area (TPSA) is 61.9 Å². The number of methoxy groups -OCH3 is 1. The van der Waals surface area contributed by atoms with Crippen molar-refractivity contribution in [2.75, 3.05) is 43.6 Å². The Morgan fingerprint density at radius 1 is 1.06 bits per heavy atom. The number of nitrogens with zero attached hydrogens (tertiary/aromatic N) is 2. The Bertz CT molecular complexity index is 944. The Morgan fingerprint density at radius 3 is 2.50 bits per heavy atom. The van der Waals surface area contributed by atoms with E-state index in [0.29, 0.717) is 12.2 Å². The summed E-state index contributed by atoms with van der Waals surface area (Å²) in [6, 6.07) is 15.4. The Kier molecular flexibility index (Phi) is 7.25. The molecule has 0 aliphatic carbocycles. The predicted molar refractivity (Wildman–Crippen MR) is 129 cm³/mol. The molecule has 2 saturated heterocycles. The van der Waals surface area contributed by atoms with E-state index in [4.69, 9.17) is 4.74 Å². The third-order valence-corrected chi connectivity index (χ3v) is 7.23. The minimum absolute atomic E-state index is 0.0471. The number of hydrogen-bond donors (Lipinski definition) is 1. The molecule has 0 aromatic heterocycles. The summed E-state index contributed by atoms with van der Waals surface area (Å²) in [6.07, 6.45) is 1.58. The molecule has 2 aliphatic heterocycles. The van der Waals surface area contributed by atoms with E-state index >= 15 is 0 Å². The van der Waals surface area contributed by atoms with Gasteiger partial charge in [-0.2, -0.15) is 11.8 Å². The van der Waals surface area contributed by atoms with Crippen LogP contribution in [0.25, 0.3) is 0 Å². The molecule has 2 aromatic carbocycles. The Morgan fingerprint density at radius 2 is 1.81 bits per heavy atom. The van der Waals surface area contributed by atoms with Crippen LogP contribution in [-0.2, 0) is 4.79 Å². The molecule has 1 N–H and O–H groups in total. The Labute approximate surface area is 194 Å². The van der Waals surface area contributed by atoms with Crippen LogP contribution in [-0.4, -0.2) is 60.0 Å². The van der Waals surface area contributed by atoms with E-state index < -0.39 is 0 Å². The predicted octanol–water partition coefficient (Wildman–Crippen LogP) is 4.56. The van der Waals surface area contributed by atoms with Gasteiger partial charge in [0.2, 0.25) is 5.91 Å². The van der Waals surface area contributed by atoms with Gasteiger partial charge in [0.05, 0.1) is 19.1 Å². The summed E-state index contributed by atoms with van der Waals surface area (Å²) < 4.78 is 5.21. The van der Waals surface area contributed by atoms with Crippen molar-refractivity contribution >= 4 is 29.4 Å². The first-order valence-electron chi connectivity index (χ1n) is 11.2. The van der Waals surface area contributed by atoms with Crippen LogP contribution in [0.4, 0.5) is 10.5 Å². The molecule has 0 radical (unpaired) electrons. The molecular formula is C25H31N3O3S. The van der Waals surface area contributed by atoms with Gasteiger partial charge in [0.1, 0.15) is 5.75 Å². The summed E-state index contributed by atoms with van der Waals surface area (Å²) in [5.74, 6) is 2.76. The van der Waals surface area contributed by atoms with Crippen molar-refractivity contribution in [2.45, 2.75) is 25.8 Å². The van der Waals surface area contributed by atoms with Crippen molar-refractivity contribution in [3.05, 3.63) is 59.7 Å². The highest BCUT2D eigenvalue weighted by atomic mass is 32.2. The van der Waals surface area contributed by atoms with Gasteiger partial charge < -0.3 is 19.9 Å². The second kappa shape index (κ2) is 10.3. The maximum Gasteiger partial charge on any atom is 0.322 e. The van der Waals surface area contributed by atoms with Gasteiger partial charge in [0.25, 0.3) is 0 Å². The Balaban J connectivity index is 1.54. The lowest BCUT2D eigenvalue weighted by molar-refractivity contribution is -0.137. The summed E-state index contributed by atoms with van der Waals surface area (Å²) in [5.41, 5.74) is 3.00. The lowest BCUT2D eigenvalue weighted by Gasteiger charge is -2.41. The van der Waals surface area contributed by atoms with Crippen LogP contribution in [0.5, 0.6) is 5.75 Å². The first-order valence-corrected chi connectivity index (χ1v) is 12.4. The molecule has 2 heterocycles. The number of ether oxygens (including phenoxy) is 1. The quantitative estimate of drug-likeness (QED) is 0.737. The average molecular weight is 454 g/mol. The second-order valence-corrected chi connectivity index (χ2v) is 9.68. The van der Waals surface area contributed by atoms with Crippen LogP contribution in [0, 0.1) is 12.8 Å². The van der Waals surface area contributed by atoms with Gasteiger partial charge in [-0.1, -0.05) is 29.8 Å².